The standard InChI is InChI=1S/C20H23N3O2S/c1-13-6-7-15(21)12-17(13)19(24)22-18-5-3-4-16(14(18)2)20(25)23-8-10-26-11-9-23/h3-7,12H,8-11,21H2,1-2H3,(H,22,24). The van der Waals surface area contributed by atoms with Gasteiger partial charge in [0.25, 0.3) is 11.8 Å². The van der Waals surface area contributed by atoms with Crippen molar-refractivity contribution in [2.24, 2.45) is 0 Å². The third-order valence-corrected chi connectivity index (χ3v) is 5.56. The van der Waals surface area contributed by atoms with Crippen LogP contribution in [-0.4, -0.2) is 41.3 Å². The van der Waals surface area contributed by atoms with Crippen LogP contribution in [0.2, 0.25) is 0 Å². The maximum Gasteiger partial charge on any atom is 0.256 e. The maximum atomic E-state index is 12.8. The van der Waals surface area contributed by atoms with Crippen molar-refractivity contribution in [3.63, 3.8) is 0 Å². The number of nitrogens with two attached hydrogens (primary N) is 1. The number of aryl methyl sites for hydroxylation is 1. The summed E-state index contributed by atoms with van der Waals surface area (Å²) in [6, 6.07) is 10.7. The van der Waals surface area contributed by atoms with Crippen LogP contribution in [0.1, 0.15) is 31.8 Å². The molecule has 0 bridgehead atoms. The second-order valence-corrected chi connectivity index (χ2v) is 7.64. The molecule has 0 atom stereocenters. The zero-order valence-corrected chi connectivity index (χ0v) is 15.9. The molecule has 0 aromatic heterocycles. The summed E-state index contributed by atoms with van der Waals surface area (Å²) in [5, 5.41) is 2.92. The number of carbonyl (C=O) groups excluding carboxylic acids is 2. The van der Waals surface area contributed by atoms with E-state index in [0.717, 1.165) is 35.7 Å². The Morgan fingerprint density at radius 1 is 1.08 bits per heavy atom. The summed E-state index contributed by atoms with van der Waals surface area (Å²) >= 11 is 1.87. The molecule has 1 saturated heterocycles. The van der Waals surface area contributed by atoms with Gasteiger partial charge in [0, 0.05) is 47.1 Å². The van der Waals surface area contributed by atoms with Gasteiger partial charge in [-0.3, -0.25) is 9.59 Å². The molecule has 0 unspecified atom stereocenters. The van der Waals surface area contributed by atoms with Crippen LogP contribution in [0.3, 0.4) is 0 Å². The Balaban J connectivity index is 1.84. The molecule has 1 heterocycles. The summed E-state index contributed by atoms with van der Waals surface area (Å²) in [6.07, 6.45) is 0. The molecule has 3 N–H and O–H groups in total. The van der Waals surface area contributed by atoms with E-state index < -0.39 is 0 Å². The smallest absolute Gasteiger partial charge is 0.256 e. The molecule has 1 fully saturated rings. The normalized spacial score (nSPS) is 14.2. The summed E-state index contributed by atoms with van der Waals surface area (Å²) in [7, 11) is 0. The SMILES string of the molecule is Cc1ccc(N)cc1C(=O)Nc1cccc(C(=O)N2CCSCC2)c1C. The molecule has 3 rings (SSSR count). The van der Waals surface area contributed by atoms with E-state index in [-0.39, 0.29) is 11.8 Å². The molecule has 136 valence electrons. The summed E-state index contributed by atoms with van der Waals surface area (Å²) in [6.45, 7) is 5.27. The fourth-order valence-electron chi connectivity index (χ4n) is 3.01. The number of nitrogen functional groups attached to an aromatic ring is 1. The Hall–Kier alpha value is -2.47. The van der Waals surface area contributed by atoms with Gasteiger partial charge in [-0.1, -0.05) is 12.1 Å². The van der Waals surface area contributed by atoms with Gasteiger partial charge >= 0.3 is 0 Å². The summed E-state index contributed by atoms with van der Waals surface area (Å²) < 4.78 is 0. The molecule has 2 aromatic carbocycles. The number of carbonyl (C=O) groups is 2. The van der Waals surface area contributed by atoms with Gasteiger partial charge in [-0.15, -0.1) is 0 Å². The molecule has 1 aliphatic rings. The van der Waals surface area contributed by atoms with Crippen molar-refractivity contribution in [1.82, 2.24) is 4.90 Å². The first kappa shape index (κ1) is 18.3. The van der Waals surface area contributed by atoms with Crippen LogP contribution in [0.15, 0.2) is 36.4 Å². The van der Waals surface area contributed by atoms with Crippen LogP contribution in [0.5, 0.6) is 0 Å². The zero-order valence-electron chi connectivity index (χ0n) is 15.0. The number of nitrogens with zero attached hydrogens (tertiary/aromatic N) is 1. The van der Waals surface area contributed by atoms with Crippen molar-refractivity contribution in [1.29, 1.82) is 0 Å². The topological polar surface area (TPSA) is 75.4 Å². The van der Waals surface area contributed by atoms with Crippen molar-refractivity contribution in [2.45, 2.75) is 13.8 Å². The quantitative estimate of drug-likeness (QED) is 0.814. The highest BCUT2D eigenvalue weighted by molar-refractivity contribution is 7.99. The van der Waals surface area contributed by atoms with Gasteiger partial charge in [-0.2, -0.15) is 11.8 Å². The lowest BCUT2D eigenvalue weighted by molar-refractivity contribution is 0.0771. The lowest BCUT2D eigenvalue weighted by Gasteiger charge is -2.27. The van der Waals surface area contributed by atoms with E-state index >= 15 is 0 Å². The first-order valence-electron chi connectivity index (χ1n) is 8.61. The van der Waals surface area contributed by atoms with Crippen molar-refractivity contribution < 1.29 is 9.59 Å². The summed E-state index contributed by atoms with van der Waals surface area (Å²) in [4.78, 5) is 27.4. The number of anilines is 2. The fraction of sp³-hybridized carbons (Fsp3) is 0.300. The first-order chi connectivity index (χ1) is 12.5. The lowest BCUT2D eigenvalue weighted by atomic mass is 10.0. The molecular formula is C20H23N3O2S. The van der Waals surface area contributed by atoms with E-state index in [1.807, 2.05) is 48.7 Å². The van der Waals surface area contributed by atoms with Crippen LogP contribution in [0.4, 0.5) is 11.4 Å². The highest BCUT2D eigenvalue weighted by Gasteiger charge is 2.21. The Morgan fingerprint density at radius 3 is 2.54 bits per heavy atom. The van der Waals surface area contributed by atoms with Gasteiger partial charge < -0.3 is 16.0 Å². The Bertz CT molecular complexity index is 845. The molecule has 0 aliphatic carbocycles. The minimum absolute atomic E-state index is 0.0269. The molecule has 2 amide bonds. The number of amides is 2. The molecule has 26 heavy (non-hydrogen) atoms. The van der Waals surface area contributed by atoms with E-state index in [0.29, 0.717) is 22.5 Å². The number of rotatable bonds is 3. The van der Waals surface area contributed by atoms with Gasteiger partial charge in [-0.25, -0.2) is 0 Å². The number of thioether (sulfide) groups is 1. The largest absolute Gasteiger partial charge is 0.399 e. The van der Waals surface area contributed by atoms with E-state index in [1.165, 1.54) is 0 Å². The maximum absolute atomic E-state index is 12.8. The zero-order chi connectivity index (χ0) is 18.7. The van der Waals surface area contributed by atoms with Crippen LogP contribution < -0.4 is 11.1 Å². The molecule has 5 nitrogen and oxygen atoms in total. The molecule has 6 heteroatoms. The van der Waals surface area contributed by atoms with E-state index in [1.54, 1.807) is 18.2 Å². The molecular weight excluding hydrogens is 346 g/mol. The van der Waals surface area contributed by atoms with E-state index in [4.69, 9.17) is 5.73 Å². The average Bonchev–Trinajstić information content (AvgIpc) is 2.65. The number of hydrogen-bond acceptors (Lipinski definition) is 4. The summed E-state index contributed by atoms with van der Waals surface area (Å²) in [5.41, 5.74) is 9.81. The van der Waals surface area contributed by atoms with Crippen molar-refractivity contribution in [2.75, 3.05) is 35.6 Å². The van der Waals surface area contributed by atoms with Gasteiger partial charge in [0.05, 0.1) is 0 Å². The molecule has 0 saturated carbocycles. The highest BCUT2D eigenvalue weighted by Crippen LogP contribution is 2.23. The van der Waals surface area contributed by atoms with Gasteiger partial charge in [-0.05, 0) is 49.2 Å². The minimum atomic E-state index is -0.225. The first-order valence-corrected chi connectivity index (χ1v) is 9.77. The van der Waals surface area contributed by atoms with Gasteiger partial charge in [0.2, 0.25) is 0 Å². The fourth-order valence-corrected chi connectivity index (χ4v) is 3.92. The van der Waals surface area contributed by atoms with Gasteiger partial charge in [0.15, 0.2) is 0 Å². The van der Waals surface area contributed by atoms with Crippen molar-refractivity contribution in [3.8, 4) is 0 Å². The number of nitrogens with one attached hydrogen (secondary N) is 1. The highest BCUT2D eigenvalue weighted by atomic mass is 32.2. The van der Waals surface area contributed by atoms with Crippen molar-refractivity contribution in [3.05, 3.63) is 58.7 Å². The van der Waals surface area contributed by atoms with Crippen LogP contribution in [0.25, 0.3) is 0 Å². The van der Waals surface area contributed by atoms with Crippen molar-refractivity contribution >= 4 is 35.0 Å². The molecule has 2 aromatic rings. The monoisotopic (exact) mass is 369 g/mol. The average molecular weight is 369 g/mol. The number of hydrogen-bond donors (Lipinski definition) is 2. The predicted molar refractivity (Wildman–Crippen MR) is 108 cm³/mol. The Kier molecular flexibility index (Phi) is 5.52. The predicted octanol–water partition coefficient (Wildman–Crippen LogP) is 3.33. The third-order valence-electron chi connectivity index (χ3n) is 4.62. The Morgan fingerprint density at radius 2 is 1.81 bits per heavy atom. The van der Waals surface area contributed by atoms with Crippen LogP contribution >= 0.6 is 11.8 Å². The van der Waals surface area contributed by atoms with E-state index in [9.17, 15) is 9.59 Å². The van der Waals surface area contributed by atoms with Crippen LogP contribution in [-0.2, 0) is 0 Å². The molecule has 1 aliphatic heterocycles. The Labute approximate surface area is 157 Å². The third kappa shape index (κ3) is 3.85. The lowest BCUT2D eigenvalue weighted by Crippen LogP contribution is -2.38. The summed E-state index contributed by atoms with van der Waals surface area (Å²) in [5.74, 6) is 1.74. The van der Waals surface area contributed by atoms with Crippen LogP contribution in [0, 0.1) is 13.8 Å². The second-order valence-electron chi connectivity index (χ2n) is 6.41. The van der Waals surface area contributed by atoms with E-state index in [2.05, 4.69) is 5.32 Å². The second kappa shape index (κ2) is 7.83. The molecule has 0 radical (unpaired) electrons. The number of benzene rings is 2. The molecule has 0 spiro atoms. The van der Waals surface area contributed by atoms with Gasteiger partial charge in [0.1, 0.15) is 0 Å². The minimum Gasteiger partial charge on any atom is -0.399 e.